The molecule has 0 aromatic heterocycles. The summed E-state index contributed by atoms with van der Waals surface area (Å²) in [5, 5.41) is 10.9. The highest BCUT2D eigenvalue weighted by Crippen LogP contribution is 2.41. The van der Waals surface area contributed by atoms with Gasteiger partial charge in [0, 0.05) is 17.0 Å². The molecule has 0 saturated heterocycles. The van der Waals surface area contributed by atoms with Gasteiger partial charge < -0.3 is 14.6 Å². The van der Waals surface area contributed by atoms with E-state index in [1.807, 2.05) is 37.3 Å². The minimum atomic E-state index is -0.566. The van der Waals surface area contributed by atoms with Crippen molar-refractivity contribution in [2.45, 2.75) is 25.6 Å². The average Bonchev–Trinajstić information content (AvgIpc) is 2.49. The Kier molecular flexibility index (Phi) is 4.04. The second kappa shape index (κ2) is 5.96. The highest BCUT2D eigenvalue weighted by atomic mass is 35.5. The predicted octanol–water partition coefficient (Wildman–Crippen LogP) is 4.30. The molecule has 4 heteroatoms. The maximum absolute atomic E-state index is 10.3. The second-order valence-electron chi connectivity index (χ2n) is 5.04. The Morgan fingerprint density at radius 2 is 2.00 bits per heavy atom. The molecular formula is C17H17ClO3. The fourth-order valence-corrected chi connectivity index (χ4v) is 2.75. The Bertz CT molecular complexity index is 624. The first kappa shape index (κ1) is 14.2. The molecule has 1 aliphatic heterocycles. The first-order chi connectivity index (χ1) is 10.2. The van der Waals surface area contributed by atoms with E-state index in [2.05, 4.69) is 0 Å². The zero-order valence-corrected chi connectivity index (χ0v) is 12.5. The Morgan fingerprint density at radius 1 is 1.24 bits per heavy atom. The van der Waals surface area contributed by atoms with Crippen LogP contribution in [-0.2, 0) is 0 Å². The minimum Gasteiger partial charge on any atom is -0.494 e. The van der Waals surface area contributed by atoms with Crippen LogP contribution in [0.4, 0.5) is 0 Å². The third kappa shape index (κ3) is 2.99. The molecule has 2 atom stereocenters. The molecule has 0 aliphatic carbocycles. The lowest BCUT2D eigenvalue weighted by atomic mass is 9.95. The number of halogens is 1. The van der Waals surface area contributed by atoms with Crippen molar-refractivity contribution in [3.05, 3.63) is 58.6 Å². The van der Waals surface area contributed by atoms with Crippen LogP contribution >= 0.6 is 11.6 Å². The zero-order valence-electron chi connectivity index (χ0n) is 11.8. The quantitative estimate of drug-likeness (QED) is 0.919. The van der Waals surface area contributed by atoms with Crippen LogP contribution in [0.15, 0.2) is 42.5 Å². The molecule has 1 heterocycles. The van der Waals surface area contributed by atoms with Gasteiger partial charge in [-0.2, -0.15) is 0 Å². The molecule has 0 amide bonds. The summed E-state index contributed by atoms with van der Waals surface area (Å²) >= 11 is 5.96. The summed E-state index contributed by atoms with van der Waals surface area (Å²) in [5.74, 6) is 1.53. The summed E-state index contributed by atoms with van der Waals surface area (Å²) in [6.07, 6.45) is -0.213. The number of aliphatic hydroxyl groups excluding tert-OH is 1. The van der Waals surface area contributed by atoms with Crippen LogP contribution < -0.4 is 9.47 Å². The molecule has 2 unspecified atom stereocenters. The Hall–Kier alpha value is -1.71. The van der Waals surface area contributed by atoms with Crippen molar-refractivity contribution >= 4 is 11.6 Å². The fourth-order valence-electron chi connectivity index (χ4n) is 2.57. The van der Waals surface area contributed by atoms with E-state index >= 15 is 0 Å². The molecule has 1 aliphatic rings. The highest BCUT2D eigenvalue weighted by molar-refractivity contribution is 6.30. The van der Waals surface area contributed by atoms with Gasteiger partial charge in [0.2, 0.25) is 0 Å². The van der Waals surface area contributed by atoms with Gasteiger partial charge in [0.15, 0.2) is 0 Å². The standard InChI is InChI=1S/C17H17ClO3/c1-2-20-13-6-3-11(4-7-13)17-10-15(19)14-9-12(18)5-8-16(14)21-17/h3-9,15,17,19H,2,10H2,1H3. The normalized spacial score (nSPS) is 20.5. The van der Waals surface area contributed by atoms with Gasteiger partial charge >= 0.3 is 0 Å². The van der Waals surface area contributed by atoms with Crippen molar-refractivity contribution in [2.75, 3.05) is 6.61 Å². The van der Waals surface area contributed by atoms with Crippen molar-refractivity contribution in [3.63, 3.8) is 0 Å². The summed E-state index contributed by atoms with van der Waals surface area (Å²) in [6, 6.07) is 13.1. The molecule has 110 valence electrons. The average molecular weight is 305 g/mol. The number of hydrogen-bond acceptors (Lipinski definition) is 3. The summed E-state index contributed by atoms with van der Waals surface area (Å²) in [6.45, 7) is 2.60. The summed E-state index contributed by atoms with van der Waals surface area (Å²) in [4.78, 5) is 0. The van der Waals surface area contributed by atoms with E-state index in [9.17, 15) is 5.11 Å². The molecule has 21 heavy (non-hydrogen) atoms. The van der Waals surface area contributed by atoms with Crippen LogP contribution in [0, 0.1) is 0 Å². The molecule has 0 fully saturated rings. The van der Waals surface area contributed by atoms with Gasteiger partial charge in [-0.1, -0.05) is 23.7 Å². The molecule has 0 spiro atoms. The first-order valence-corrected chi connectivity index (χ1v) is 7.42. The van der Waals surface area contributed by atoms with E-state index in [1.54, 1.807) is 12.1 Å². The van der Waals surface area contributed by atoms with Crippen LogP contribution in [0.1, 0.15) is 36.7 Å². The molecule has 2 aromatic rings. The number of fused-ring (bicyclic) bond motifs is 1. The van der Waals surface area contributed by atoms with E-state index in [-0.39, 0.29) is 6.10 Å². The summed E-state index contributed by atoms with van der Waals surface area (Å²) in [5.41, 5.74) is 1.78. The summed E-state index contributed by atoms with van der Waals surface area (Å²) in [7, 11) is 0. The molecule has 3 nitrogen and oxygen atoms in total. The van der Waals surface area contributed by atoms with E-state index in [1.165, 1.54) is 0 Å². The Balaban J connectivity index is 1.83. The molecular weight excluding hydrogens is 288 g/mol. The third-order valence-electron chi connectivity index (χ3n) is 3.60. The number of ether oxygens (including phenoxy) is 2. The first-order valence-electron chi connectivity index (χ1n) is 7.04. The van der Waals surface area contributed by atoms with Gasteiger partial charge in [0.25, 0.3) is 0 Å². The second-order valence-corrected chi connectivity index (χ2v) is 5.48. The molecule has 0 radical (unpaired) electrons. The molecule has 0 saturated carbocycles. The number of rotatable bonds is 3. The van der Waals surface area contributed by atoms with Gasteiger partial charge in [-0.15, -0.1) is 0 Å². The number of benzene rings is 2. The predicted molar refractivity (Wildman–Crippen MR) is 82.0 cm³/mol. The lowest BCUT2D eigenvalue weighted by Gasteiger charge is -2.30. The van der Waals surface area contributed by atoms with Crippen molar-refractivity contribution in [3.8, 4) is 11.5 Å². The van der Waals surface area contributed by atoms with Crippen molar-refractivity contribution < 1.29 is 14.6 Å². The number of aliphatic hydroxyl groups is 1. The largest absolute Gasteiger partial charge is 0.494 e. The van der Waals surface area contributed by atoms with Crippen LogP contribution in [0.2, 0.25) is 5.02 Å². The topological polar surface area (TPSA) is 38.7 Å². The van der Waals surface area contributed by atoms with Gasteiger partial charge in [-0.05, 0) is 42.8 Å². The smallest absolute Gasteiger partial charge is 0.127 e. The van der Waals surface area contributed by atoms with Gasteiger partial charge in [-0.3, -0.25) is 0 Å². The van der Waals surface area contributed by atoms with Crippen molar-refractivity contribution in [2.24, 2.45) is 0 Å². The maximum atomic E-state index is 10.3. The van der Waals surface area contributed by atoms with Crippen LogP contribution in [-0.4, -0.2) is 11.7 Å². The van der Waals surface area contributed by atoms with Crippen LogP contribution in [0.5, 0.6) is 11.5 Å². The van der Waals surface area contributed by atoms with Gasteiger partial charge in [0.05, 0.1) is 12.7 Å². The van der Waals surface area contributed by atoms with Crippen LogP contribution in [0.3, 0.4) is 0 Å². The molecule has 2 aromatic carbocycles. The third-order valence-corrected chi connectivity index (χ3v) is 3.84. The van der Waals surface area contributed by atoms with Crippen molar-refractivity contribution in [1.29, 1.82) is 0 Å². The van der Waals surface area contributed by atoms with Crippen LogP contribution in [0.25, 0.3) is 0 Å². The highest BCUT2D eigenvalue weighted by Gasteiger charge is 2.28. The van der Waals surface area contributed by atoms with Gasteiger partial charge in [-0.25, -0.2) is 0 Å². The SMILES string of the molecule is CCOc1ccc(C2CC(O)c3cc(Cl)ccc3O2)cc1. The molecule has 3 rings (SSSR count). The lowest BCUT2D eigenvalue weighted by molar-refractivity contribution is 0.0657. The van der Waals surface area contributed by atoms with E-state index in [0.29, 0.717) is 23.8 Å². The molecule has 1 N–H and O–H groups in total. The maximum Gasteiger partial charge on any atom is 0.127 e. The van der Waals surface area contributed by atoms with E-state index in [4.69, 9.17) is 21.1 Å². The van der Waals surface area contributed by atoms with E-state index < -0.39 is 6.10 Å². The minimum absolute atomic E-state index is 0.163. The molecule has 0 bridgehead atoms. The monoisotopic (exact) mass is 304 g/mol. The van der Waals surface area contributed by atoms with E-state index in [0.717, 1.165) is 16.9 Å². The fraction of sp³-hybridized carbons (Fsp3) is 0.294. The summed E-state index contributed by atoms with van der Waals surface area (Å²) < 4.78 is 11.4. The Labute approximate surface area is 129 Å². The zero-order chi connectivity index (χ0) is 14.8. The Morgan fingerprint density at radius 3 is 2.71 bits per heavy atom. The number of hydrogen-bond donors (Lipinski definition) is 1. The van der Waals surface area contributed by atoms with Gasteiger partial charge in [0.1, 0.15) is 17.6 Å². The lowest BCUT2D eigenvalue weighted by Crippen LogP contribution is -2.19. The van der Waals surface area contributed by atoms with Crippen molar-refractivity contribution in [1.82, 2.24) is 0 Å².